The summed E-state index contributed by atoms with van der Waals surface area (Å²) in [5.41, 5.74) is 1.24. The minimum absolute atomic E-state index is 0.550. The maximum absolute atomic E-state index is 6.21. The van der Waals surface area contributed by atoms with E-state index in [9.17, 15) is 0 Å². The zero-order valence-electron chi connectivity index (χ0n) is 10.6. The molecule has 2 saturated heterocycles. The molecule has 4 heteroatoms. The molecule has 18 heavy (non-hydrogen) atoms. The van der Waals surface area contributed by atoms with E-state index in [1.807, 2.05) is 12.1 Å². The highest BCUT2D eigenvalue weighted by Gasteiger charge is 2.35. The van der Waals surface area contributed by atoms with E-state index in [-0.39, 0.29) is 0 Å². The Kier molecular flexibility index (Phi) is 3.57. The number of fused-ring (bicyclic) bond motifs is 1. The topological polar surface area (TPSA) is 6.48 Å². The molecule has 0 saturated carbocycles. The number of benzene rings is 1. The van der Waals surface area contributed by atoms with Crippen molar-refractivity contribution in [3.05, 3.63) is 27.7 Å². The first-order chi connectivity index (χ1) is 8.66. The lowest BCUT2D eigenvalue weighted by atomic mass is 10.1. The molecule has 0 aromatic heterocycles. The number of hydrogen-bond acceptors (Lipinski definition) is 2. The molecule has 0 amide bonds. The second-order valence-corrected chi connectivity index (χ2v) is 6.57. The van der Waals surface area contributed by atoms with Crippen molar-refractivity contribution in [3.63, 3.8) is 0 Å². The smallest absolute Gasteiger partial charge is 0.0595 e. The van der Waals surface area contributed by atoms with E-state index in [1.165, 1.54) is 31.6 Å². The van der Waals surface area contributed by atoms with Crippen LogP contribution in [0.1, 0.15) is 19.8 Å². The van der Waals surface area contributed by atoms with Gasteiger partial charge in [-0.2, -0.15) is 0 Å². The monoisotopic (exact) mass is 328 g/mol. The van der Waals surface area contributed by atoms with Gasteiger partial charge < -0.3 is 4.90 Å². The van der Waals surface area contributed by atoms with Gasteiger partial charge in [-0.1, -0.05) is 17.7 Å². The molecular weight excluding hydrogens is 312 g/mol. The predicted octanol–water partition coefficient (Wildman–Crippen LogP) is 3.78. The first-order valence-corrected chi connectivity index (χ1v) is 7.78. The predicted molar refractivity (Wildman–Crippen MR) is 80.6 cm³/mol. The van der Waals surface area contributed by atoms with Crippen LogP contribution in [0.15, 0.2) is 22.7 Å². The third-order valence-electron chi connectivity index (χ3n) is 4.18. The lowest BCUT2D eigenvalue weighted by molar-refractivity contribution is 0.203. The molecule has 2 aliphatic heterocycles. The summed E-state index contributed by atoms with van der Waals surface area (Å²) in [6.45, 7) is 5.88. The van der Waals surface area contributed by atoms with Crippen molar-refractivity contribution in [2.75, 3.05) is 24.5 Å². The Labute approximate surface area is 122 Å². The fourth-order valence-corrected chi connectivity index (χ4v) is 3.90. The molecule has 2 nitrogen and oxygen atoms in total. The summed E-state index contributed by atoms with van der Waals surface area (Å²) in [5, 5.41) is 0.800. The molecule has 0 aliphatic carbocycles. The van der Waals surface area contributed by atoms with E-state index in [2.05, 4.69) is 38.7 Å². The molecule has 0 radical (unpaired) electrons. The molecule has 2 unspecified atom stereocenters. The maximum atomic E-state index is 6.21. The van der Waals surface area contributed by atoms with Crippen LogP contribution in [0.3, 0.4) is 0 Å². The minimum Gasteiger partial charge on any atom is -0.365 e. The highest BCUT2D eigenvalue weighted by molar-refractivity contribution is 9.10. The summed E-state index contributed by atoms with van der Waals surface area (Å²) < 4.78 is 1.03. The van der Waals surface area contributed by atoms with Crippen LogP contribution in [-0.2, 0) is 0 Å². The molecular formula is C14H18BrClN2. The van der Waals surface area contributed by atoms with Gasteiger partial charge in [0.05, 0.1) is 15.2 Å². The van der Waals surface area contributed by atoms with Gasteiger partial charge in [0.15, 0.2) is 0 Å². The van der Waals surface area contributed by atoms with Gasteiger partial charge in [-0.05, 0) is 54.4 Å². The van der Waals surface area contributed by atoms with Crippen LogP contribution < -0.4 is 4.90 Å². The van der Waals surface area contributed by atoms with Crippen LogP contribution >= 0.6 is 27.5 Å². The Morgan fingerprint density at radius 3 is 3.00 bits per heavy atom. The van der Waals surface area contributed by atoms with E-state index < -0.39 is 0 Å². The van der Waals surface area contributed by atoms with Crippen LogP contribution in [0.5, 0.6) is 0 Å². The minimum atomic E-state index is 0.550. The van der Waals surface area contributed by atoms with Crippen molar-refractivity contribution >= 4 is 33.2 Å². The number of nitrogens with zero attached hydrogens (tertiary/aromatic N) is 2. The molecule has 0 spiro atoms. The summed E-state index contributed by atoms with van der Waals surface area (Å²) in [4.78, 5) is 5.14. The zero-order chi connectivity index (χ0) is 12.7. The molecule has 3 rings (SSSR count). The highest BCUT2D eigenvalue weighted by atomic mass is 79.9. The molecule has 2 heterocycles. The summed E-state index contributed by atoms with van der Waals surface area (Å²) in [6.07, 6.45) is 2.68. The van der Waals surface area contributed by atoms with Crippen molar-refractivity contribution in [1.82, 2.24) is 4.90 Å². The van der Waals surface area contributed by atoms with Gasteiger partial charge in [0.25, 0.3) is 0 Å². The Bertz CT molecular complexity index is 451. The Morgan fingerprint density at radius 1 is 1.33 bits per heavy atom. The zero-order valence-corrected chi connectivity index (χ0v) is 12.9. The normalized spacial score (nSPS) is 28.5. The second kappa shape index (κ2) is 5.03. The van der Waals surface area contributed by atoms with E-state index in [0.29, 0.717) is 6.04 Å². The summed E-state index contributed by atoms with van der Waals surface area (Å²) in [6, 6.07) is 7.42. The van der Waals surface area contributed by atoms with Crippen LogP contribution in [-0.4, -0.2) is 36.6 Å². The van der Waals surface area contributed by atoms with Crippen molar-refractivity contribution in [2.24, 2.45) is 0 Å². The standard InChI is InChI=1S/C14H18BrClN2/c1-10-8-17-7-3-4-11(17)9-18(10)13-6-2-5-12(16)14(13)15/h2,5-6,10-11H,3-4,7-9H2,1H3. The lowest BCUT2D eigenvalue weighted by Crippen LogP contribution is -2.55. The molecule has 98 valence electrons. The number of anilines is 1. The summed E-state index contributed by atoms with van der Waals surface area (Å²) >= 11 is 9.84. The molecule has 2 aliphatic rings. The lowest BCUT2D eigenvalue weighted by Gasteiger charge is -2.44. The first-order valence-electron chi connectivity index (χ1n) is 6.61. The Hall–Kier alpha value is -0.250. The third kappa shape index (κ3) is 2.17. The van der Waals surface area contributed by atoms with Gasteiger partial charge in [-0.15, -0.1) is 0 Å². The van der Waals surface area contributed by atoms with Gasteiger partial charge in [0.2, 0.25) is 0 Å². The SMILES string of the molecule is CC1CN2CCCC2CN1c1cccc(Cl)c1Br. The van der Waals surface area contributed by atoms with Crippen LogP contribution in [0, 0.1) is 0 Å². The second-order valence-electron chi connectivity index (χ2n) is 5.37. The highest BCUT2D eigenvalue weighted by Crippen LogP contribution is 2.36. The number of rotatable bonds is 1. The average Bonchev–Trinajstić information content (AvgIpc) is 2.79. The quantitative estimate of drug-likeness (QED) is 0.774. The van der Waals surface area contributed by atoms with Gasteiger partial charge >= 0.3 is 0 Å². The van der Waals surface area contributed by atoms with Gasteiger partial charge in [-0.3, -0.25) is 4.90 Å². The van der Waals surface area contributed by atoms with Gasteiger partial charge in [-0.25, -0.2) is 0 Å². The van der Waals surface area contributed by atoms with Crippen molar-refractivity contribution in [2.45, 2.75) is 31.8 Å². The molecule has 2 atom stereocenters. The molecule has 0 N–H and O–H groups in total. The fraction of sp³-hybridized carbons (Fsp3) is 0.571. The molecule has 1 aromatic rings. The largest absolute Gasteiger partial charge is 0.365 e. The maximum Gasteiger partial charge on any atom is 0.0595 e. The van der Waals surface area contributed by atoms with Crippen molar-refractivity contribution in [3.8, 4) is 0 Å². The van der Waals surface area contributed by atoms with E-state index in [1.54, 1.807) is 0 Å². The fourth-order valence-electron chi connectivity index (χ4n) is 3.24. The van der Waals surface area contributed by atoms with Gasteiger partial charge in [0.1, 0.15) is 0 Å². The van der Waals surface area contributed by atoms with Crippen molar-refractivity contribution < 1.29 is 0 Å². The Morgan fingerprint density at radius 2 is 2.17 bits per heavy atom. The van der Waals surface area contributed by atoms with E-state index in [4.69, 9.17) is 11.6 Å². The van der Waals surface area contributed by atoms with E-state index >= 15 is 0 Å². The average molecular weight is 330 g/mol. The molecule has 1 aromatic carbocycles. The van der Waals surface area contributed by atoms with E-state index in [0.717, 1.165) is 22.1 Å². The molecule has 0 bridgehead atoms. The summed E-state index contributed by atoms with van der Waals surface area (Å²) in [5.74, 6) is 0. The van der Waals surface area contributed by atoms with Crippen LogP contribution in [0.4, 0.5) is 5.69 Å². The van der Waals surface area contributed by atoms with Gasteiger partial charge in [0, 0.05) is 25.2 Å². The van der Waals surface area contributed by atoms with Crippen molar-refractivity contribution in [1.29, 1.82) is 0 Å². The Balaban J connectivity index is 1.89. The third-order valence-corrected chi connectivity index (χ3v) is 5.55. The van der Waals surface area contributed by atoms with Crippen LogP contribution in [0.2, 0.25) is 5.02 Å². The first kappa shape index (κ1) is 12.8. The van der Waals surface area contributed by atoms with Crippen LogP contribution in [0.25, 0.3) is 0 Å². The number of piperazine rings is 1. The number of halogens is 2. The summed E-state index contributed by atoms with van der Waals surface area (Å²) in [7, 11) is 0. The number of hydrogen-bond donors (Lipinski definition) is 0. The molecule has 2 fully saturated rings.